The van der Waals surface area contributed by atoms with E-state index in [-0.39, 0.29) is 47.9 Å². The average Bonchev–Trinajstić information content (AvgIpc) is 2.75. The van der Waals surface area contributed by atoms with Crippen LogP contribution in [0, 0.1) is 0 Å². The Balaban J connectivity index is 1.61. The molecule has 0 aliphatic carbocycles. The maximum atomic E-state index is 12.9. The summed E-state index contributed by atoms with van der Waals surface area (Å²) in [5, 5.41) is -0.224. The van der Waals surface area contributed by atoms with Crippen molar-refractivity contribution >= 4 is 27.7 Å². The fraction of sp³-hybridized carbons (Fsp3) is 0.350. The van der Waals surface area contributed by atoms with Gasteiger partial charge in [-0.1, -0.05) is 41.9 Å². The number of halogens is 3. The highest BCUT2D eigenvalue weighted by molar-refractivity contribution is 7.89. The minimum Gasteiger partial charge on any atom is -0.433 e. The van der Waals surface area contributed by atoms with Gasteiger partial charge in [0.05, 0.1) is 9.92 Å². The predicted molar refractivity (Wildman–Crippen MR) is 112 cm³/mol. The van der Waals surface area contributed by atoms with Crippen LogP contribution in [0.15, 0.2) is 53.4 Å². The van der Waals surface area contributed by atoms with Crippen molar-refractivity contribution in [2.24, 2.45) is 0 Å². The van der Waals surface area contributed by atoms with Crippen LogP contribution < -0.4 is 4.74 Å². The van der Waals surface area contributed by atoms with E-state index in [0.717, 1.165) is 17.7 Å². The molecule has 1 saturated heterocycles. The summed E-state index contributed by atoms with van der Waals surface area (Å²) in [6.07, 6.45) is 0. The van der Waals surface area contributed by atoms with Crippen LogP contribution in [0.1, 0.15) is 5.56 Å². The Bertz CT molecular complexity index is 1020. The van der Waals surface area contributed by atoms with Gasteiger partial charge in [0.15, 0.2) is 0 Å². The van der Waals surface area contributed by atoms with Crippen molar-refractivity contribution in [2.75, 3.05) is 33.2 Å². The van der Waals surface area contributed by atoms with E-state index in [1.807, 2.05) is 30.3 Å². The Morgan fingerprint density at radius 2 is 1.77 bits per heavy atom. The zero-order valence-electron chi connectivity index (χ0n) is 16.7. The molecule has 0 aromatic heterocycles. The highest BCUT2D eigenvalue weighted by Gasteiger charge is 2.31. The van der Waals surface area contributed by atoms with E-state index in [4.69, 9.17) is 11.6 Å². The van der Waals surface area contributed by atoms with Gasteiger partial charge >= 0.3 is 12.6 Å². The normalized spacial score (nSPS) is 15.2. The van der Waals surface area contributed by atoms with E-state index in [9.17, 15) is 22.0 Å². The highest BCUT2D eigenvalue weighted by Crippen LogP contribution is 2.30. The van der Waals surface area contributed by atoms with E-state index < -0.39 is 16.6 Å². The second-order valence-electron chi connectivity index (χ2n) is 6.99. The Kier molecular flexibility index (Phi) is 7.34. The smallest absolute Gasteiger partial charge is 0.387 e. The molecule has 0 saturated carbocycles. The number of benzene rings is 2. The Labute approximate surface area is 184 Å². The molecule has 2 amide bonds. The lowest BCUT2D eigenvalue weighted by Gasteiger charge is -2.36. The molecule has 1 heterocycles. The molecule has 11 heteroatoms. The van der Waals surface area contributed by atoms with E-state index in [1.165, 1.54) is 10.4 Å². The minimum atomic E-state index is -3.89. The SMILES string of the molecule is CN(Cc1ccccc1)C(=O)N1CCN(S(=O)(=O)c2ccc(OC(F)F)c(Cl)c2)CC1. The molecule has 2 aromatic rings. The van der Waals surface area contributed by atoms with Gasteiger partial charge in [-0.15, -0.1) is 0 Å². The van der Waals surface area contributed by atoms with Crippen LogP contribution in [0.25, 0.3) is 0 Å². The van der Waals surface area contributed by atoms with Gasteiger partial charge in [0, 0.05) is 39.8 Å². The third kappa shape index (κ3) is 5.63. The first-order valence-electron chi connectivity index (χ1n) is 9.47. The molecule has 3 rings (SSSR count). The second kappa shape index (κ2) is 9.80. The molecule has 0 unspecified atom stereocenters. The third-order valence-electron chi connectivity index (χ3n) is 4.86. The van der Waals surface area contributed by atoms with E-state index in [1.54, 1.807) is 16.8 Å². The third-order valence-corrected chi connectivity index (χ3v) is 7.05. The molecule has 7 nitrogen and oxygen atoms in total. The minimum absolute atomic E-state index is 0.111. The first-order chi connectivity index (χ1) is 14.7. The number of sulfonamides is 1. The van der Waals surface area contributed by atoms with Gasteiger partial charge in [0.25, 0.3) is 0 Å². The molecule has 0 radical (unpaired) electrons. The van der Waals surface area contributed by atoms with Crippen molar-refractivity contribution in [1.82, 2.24) is 14.1 Å². The van der Waals surface area contributed by atoms with Gasteiger partial charge in [-0.3, -0.25) is 0 Å². The van der Waals surface area contributed by atoms with Gasteiger partial charge in [0.1, 0.15) is 5.75 Å². The zero-order valence-corrected chi connectivity index (χ0v) is 18.3. The molecule has 0 atom stereocenters. The summed E-state index contributed by atoms with van der Waals surface area (Å²) >= 11 is 5.88. The molecule has 0 bridgehead atoms. The quantitative estimate of drug-likeness (QED) is 0.644. The number of nitrogens with zero attached hydrogens (tertiary/aromatic N) is 3. The number of rotatable bonds is 6. The van der Waals surface area contributed by atoms with Crippen molar-refractivity contribution < 1.29 is 26.7 Å². The molecular formula is C20H22ClF2N3O4S. The van der Waals surface area contributed by atoms with Gasteiger partial charge in [-0.05, 0) is 23.8 Å². The summed E-state index contributed by atoms with van der Waals surface area (Å²) in [4.78, 5) is 15.7. The molecule has 2 aromatic carbocycles. The van der Waals surface area contributed by atoms with Crippen molar-refractivity contribution in [1.29, 1.82) is 0 Å². The highest BCUT2D eigenvalue weighted by atomic mass is 35.5. The van der Waals surface area contributed by atoms with Crippen molar-refractivity contribution in [3.63, 3.8) is 0 Å². The fourth-order valence-electron chi connectivity index (χ4n) is 3.27. The average molecular weight is 474 g/mol. The number of ether oxygens (including phenoxy) is 1. The number of hydrogen-bond donors (Lipinski definition) is 0. The van der Waals surface area contributed by atoms with Gasteiger partial charge in [0.2, 0.25) is 10.0 Å². The Hall–Kier alpha value is -2.43. The summed E-state index contributed by atoms with van der Waals surface area (Å²) in [6.45, 7) is -1.93. The molecule has 168 valence electrons. The van der Waals surface area contributed by atoms with Crippen molar-refractivity contribution in [3.8, 4) is 5.75 Å². The van der Waals surface area contributed by atoms with Crippen LogP contribution in [0.4, 0.5) is 13.6 Å². The zero-order chi connectivity index (χ0) is 22.6. The van der Waals surface area contributed by atoms with Crippen LogP contribution in [0.5, 0.6) is 5.75 Å². The molecule has 31 heavy (non-hydrogen) atoms. The van der Waals surface area contributed by atoms with Gasteiger partial charge in [-0.2, -0.15) is 13.1 Å². The first kappa shape index (κ1) is 23.2. The maximum absolute atomic E-state index is 12.9. The number of carbonyl (C=O) groups is 1. The maximum Gasteiger partial charge on any atom is 0.387 e. The fourth-order valence-corrected chi connectivity index (χ4v) is 5.01. The van der Waals surface area contributed by atoms with Crippen LogP contribution >= 0.6 is 11.6 Å². The second-order valence-corrected chi connectivity index (χ2v) is 9.33. The summed E-state index contributed by atoms with van der Waals surface area (Å²) in [5.41, 5.74) is 0.996. The molecular weight excluding hydrogens is 452 g/mol. The summed E-state index contributed by atoms with van der Waals surface area (Å²) in [7, 11) is -2.20. The summed E-state index contributed by atoms with van der Waals surface area (Å²) in [5.74, 6) is -0.299. The monoisotopic (exact) mass is 473 g/mol. The number of piperazine rings is 1. The van der Waals surface area contributed by atoms with Crippen LogP contribution in [0.3, 0.4) is 0 Å². The van der Waals surface area contributed by atoms with Gasteiger partial charge < -0.3 is 14.5 Å². The van der Waals surface area contributed by atoms with E-state index in [2.05, 4.69) is 4.74 Å². The topological polar surface area (TPSA) is 70.2 Å². The number of carbonyl (C=O) groups excluding carboxylic acids is 1. The molecule has 1 aliphatic rings. The van der Waals surface area contributed by atoms with Crippen LogP contribution in [0.2, 0.25) is 5.02 Å². The summed E-state index contributed by atoms with van der Waals surface area (Å²) < 4.78 is 56.0. The van der Waals surface area contributed by atoms with Crippen LogP contribution in [-0.4, -0.2) is 68.4 Å². The molecule has 0 N–H and O–H groups in total. The largest absolute Gasteiger partial charge is 0.433 e. The molecule has 0 spiro atoms. The van der Waals surface area contributed by atoms with E-state index in [0.29, 0.717) is 6.54 Å². The Morgan fingerprint density at radius 1 is 1.13 bits per heavy atom. The van der Waals surface area contributed by atoms with Gasteiger partial charge in [-0.25, -0.2) is 13.2 Å². The summed E-state index contributed by atoms with van der Waals surface area (Å²) in [6, 6.07) is 12.7. The van der Waals surface area contributed by atoms with E-state index >= 15 is 0 Å². The predicted octanol–water partition coefficient (Wildman–Crippen LogP) is 3.50. The standard InChI is InChI=1S/C20H22ClF2N3O4S/c1-24(14-15-5-3-2-4-6-15)20(27)25-9-11-26(12-10-25)31(28,29)16-7-8-18(17(21)13-16)30-19(22)23/h2-8,13,19H,9-12,14H2,1H3. The lowest BCUT2D eigenvalue weighted by molar-refractivity contribution is -0.0498. The lowest BCUT2D eigenvalue weighted by atomic mass is 10.2. The lowest BCUT2D eigenvalue weighted by Crippen LogP contribution is -2.53. The van der Waals surface area contributed by atoms with Crippen LogP contribution in [-0.2, 0) is 16.6 Å². The first-order valence-corrected chi connectivity index (χ1v) is 11.3. The number of hydrogen-bond acceptors (Lipinski definition) is 4. The molecule has 1 fully saturated rings. The number of amides is 2. The molecule has 1 aliphatic heterocycles. The van der Waals surface area contributed by atoms with Crippen molar-refractivity contribution in [2.45, 2.75) is 18.1 Å². The number of alkyl halides is 2. The number of urea groups is 1. The Morgan fingerprint density at radius 3 is 2.35 bits per heavy atom. The van der Waals surface area contributed by atoms with Crippen molar-refractivity contribution in [3.05, 3.63) is 59.1 Å².